The van der Waals surface area contributed by atoms with Gasteiger partial charge in [0.2, 0.25) is 0 Å². The van der Waals surface area contributed by atoms with E-state index >= 15 is 0 Å². The number of nitrogen functional groups attached to an aromatic ring is 1. The van der Waals surface area contributed by atoms with E-state index in [-0.39, 0.29) is 5.91 Å². The summed E-state index contributed by atoms with van der Waals surface area (Å²) in [6.45, 7) is 1.71. The minimum Gasteiger partial charge on any atom is -0.465 e. The van der Waals surface area contributed by atoms with Crippen LogP contribution in [-0.4, -0.2) is 10.9 Å². The number of furan rings is 1. The number of nitrogens with zero attached hydrogens (tertiary/aromatic N) is 1. The monoisotopic (exact) mass is 253 g/mol. The Labute approximate surface area is 102 Å². The van der Waals surface area contributed by atoms with Crippen LogP contribution in [0.3, 0.4) is 0 Å². The number of hydrazine groups is 1. The van der Waals surface area contributed by atoms with Gasteiger partial charge in [-0.3, -0.25) is 10.2 Å². The van der Waals surface area contributed by atoms with Crippen molar-refractivity contribution in [1.29, 1.82) is 0 Å². The first-order valence-electron chi connectivity index (χ1n) is 4.83. The fourth-order valence-electron chi connectivity index (χ4n) is 1.33. The smallest absolute Gasteiger partial charge is 0.268 e. The third kappa shape index (κ3) is 2.69. The number of aromatic nitrogens is 1. The Morgan fingerprint density at radius 2 is 2.47 bits per heavy atom. The molecule has 1 amide bonds. The Hall–Kier alpha value is -1.73. The third-order valence-corrected chi connectivity index (χ3v) is 2.97. The summed E-state index contributed by atoms with van der Waals surface area (Å²) < 4.78 is 10.5. The number of rotatable bonds is 4. The second-order valence-electron chi connectivity index (χ2n) is 3.24. The number of hydrogen-bond acceptors (Lipinski definition) is 6. The number of hydrogen-bond donors (Lipinski definition) is 2. The molecule has 17 heavy (non-hydrogen) atoms. The molecule has 0 bridgehead atoms. The molecule has 2 aromatic rings. The van der Waals surface area contributed by atoms with Gasteiger partial charge in [-0.2, -0.15) is 0 Å². The first-order valence-corrected chi connectivity index (χ1v) is 5.82. The van der Waals surface area contributed by atoms with E-state index < -0.39 is 0 Å². The lowest BCUT2D eigenvalue weighted by molar-refractivity contribution is 0.0952. The fourth-order valence-corrected chi connectivity index (χ4v) is 2.00. The van der Waals surface area contributed by atoms with Crippen molar-refractivity contribution in [1.82, 2.24) is 10.4 Å². The second-order valence-corrected chi connectivity index (χ2v) is 4.17. The second kappa shape index (κ2) is 5.07. The van der Waals surface area contributed by atoms with E-state index in [1.807, 2.05) is 0 Å². The summed E-state index contributed by atoms with van der Waals surface area (Å²) in [5, 5.41) is 0.559. The molecule has 7 heteroatoms. The number of amides is 1. The van der Waals surface area contributed by atoms with Gasteiger partial charge in [-0.1, -0.05) is 11.8 Å². The zero-order valence-electron chi connectivity index (χ0n) is 9.10. The van der Waals surface area contributed by atoms with Crippen LogP contribution < -0.4 is 11.3 Å². The van der Waals surface area contributed by atoms with Crippen molar-refractivity contribution in [2.45, 2.75) is 17.9 Å². The van der Waals surface area contributed by atoms with Crippen molar-refractivity contribution >= 4 is 17.7 Å². The largest absolute Gasteiger partial charge is 0.465 e. The number of oxazole rings is 1. The van der Waals surface area contributed by atoms with Crippen LogP contribution in [0.1, 0.15) is 21.9 Å². The summed E-state index contributed by atoms with van der Waals surface area (Å²) >= 11 is 1.39. The molecule has 3 N–H and O–H groups in total. The maximum Gasteiger partial charge on any atom is 0.268 e. The average Bonchev–Trinajstić information content (AvgIpc) is 2.94. The van der Waals surface area contributed by atoms with E-state index in [0.717, 1.165) is 0 Å². The van der Waals surface area contributed by atoms with E-state index in [0.29, 0.717) is 28.1 Å². The number of nitrogens with two attached hydrogens (primary N) is 1. The quantitative estimate of drug-likeness (QED) is 0.371. The Bertz CT molecular complexity index is 507. The molecule has 0 saturated heterocycles. The highest BCUT2D eigenvalue weighted by Gasteiger charge is 2.14. The molecule has 0 spiro atoms. The fraction of sp³-hybridized carbons (Fsp3) is 0.200. The van der Waals surface area contributed by atoms with E-state index in [2.05, 4.69) is 10.4 Å². The van der Waals surface area contributed by atoms with Crippen LogP contribution in [0.25, 0.3) is 0 Å². The van der Waals surface area contributed by atoms with Crippen LogP contribution in [-0.2, 0) is 5.75 Å². The Morgan fingerprint density at radius 3 is 3.12 bits per heavy atom. The highest BCUT2D eigenvalue weighted by Crippen LogP contribution is 2.23. The van der Waals surface area contributed by atoms with Gasteiger partial charge in [0, 0.05) is 0 Å². The first kappa shape index (κ1) is 11.7. The van der Waals surface area contributed by atoms with Gasteiger partial charge in [-0.15, -0.1) is 0 Å². The van der Waals surface area contributed by atoms with Gasteiger partial charge in [0.05, 0.1) is 17.5 Å². The summed E-state index contributed by atoms with van der Waals surface area (Å²) in [5.41, 5.74) is 2.51. The van der Waals surface area contributed by atoms with Crippen molar-refractivity contribution < 1.29 is 13.6 Å². The lowest BCUT2D eigenvalue weighted by atomic mass is 10.2. The maximum atomic E-state index is 11.3. The molecule has 90 valence electrons. The Balaban J connectivity index is 2.05. The predicted octanol–water partition coefficient (Wildman–Crippen LogP) is 1.47. The van der Waals surface area contributed by atoms with E-state index in [1.54, 1.807) is 19.2 Å². The van der Waals surface area contributed by atoms with Gasteiger partial charge in [0.15, 0.2) is 0 Å². The minimum absolute atomic E-state index is 0.362. The lowest BCUT2D eigenvalue weighted by Gasteiger charge is -1.93. The van der Waals surface area contributed by atoms with Crippen molar-refractivity contribution in [3.63, 3.8) is 0 Å². The normalized spacial score (nSPS) is 10.5. The molecule has 0 unspecified atom stereocenters. The van der Waals surface area contributed by atoms with Gasteiger partial charge < -0.3 is 8.83 Å². The standard InChI is InChI=1S/C10H11N3O3S/c1-6-8(9(14)13-11)4-7(16-6)5-17-10-12-2-3-15-10/h2-4H,5,11H2,1H3,(H,13,14). The van der Waals surface area contributed by atoms with Gasteiger partial charge in [0.25, 0.3) is 11.1 Å². The van der Waals surface area contributed by atoms with Crippen molar-refractivity contribution in [2.75, 3.05) is 0 Å². The summed E-state index contributed by atoms with van der Waals surface area (Å²) in [7, 11) is 0. The Morgan fingerprint density at radius 1 is 1.65 bits per heavy atom. The van der Waals surface area contributed by atoms with Crippen LogP contribution in [0.5, 0.6) is 0 Å². The van der Waals surface area contributed by atoms with E-state index in [1.165, 1.54) is 18.0 Å². The number of aryl methyl sites for hydroxylation is 1. The van der Waals surface area contributed by atoms with Crippen LogP contribution in [0.4, 0.5) is 0 Å². The van der Waals surface area contributed by atoms with Crippen molar-refractivity contribution in [2.24, 2.45) is 5.84 Å². The summed E-state index contributed by atoms with van der Waals surface area (Å²) in [6.07, 6.45) is 3.08. The summed E-state index contributed by atoms with van der Waals surface area (Å²) in [5.74, 6) is 6.45. The lowest BCUT2D eigenvalue weighted by Crippen LogP contribution is -2.30. The number of nitrogens with one attached hydrogen (secondary N) is 1. The number of carbonyl (C=O) groups is 1. The van der Waals surface area contributed by atoms with Gasteiger partial charge >= 0.3 is 0 Å². The van der Waals surface area contributed by atoms with E-state index in [9.17, 15) is 4.79 Å². The molecule has 0 aliphatic heterocycles. The molecule has 0 radical (unpaired) electrons. The first-order chi connectivity index (χ1) is 8.20. The van der Waals surface area contributed by atoms with Gasteiger partial charge in [0.1, 0.15) is 17.8 Å². The van der Waals surface area contributed by atoms with Gasteiger partial charge in [-0.05, 0) is 13.0 Å². The number of thioether (sulfide) groups is 1. The SMILES string of the molecule is Cc1oc(CSc2ncco2)cc1C(=O)NN. The van der Waals surface area contributed by atoms with Crippen molar-refractivity contribution in [3.8, 4) is 0 Å². The summed E-state index contributed by atoms with van der Waals surface area (Å²) in [6, 6.07) is 1.66. The zero-order chi connectivity index (χ0) is 12.3. The maximum absolute atomic E-state index is 11.3. The highest BCUT2D eigenvalue weighted by molar-refractivity contribution is 7.98. The molecule has 0 aromatic carbocycles. The summed E-state index contributed by atoms with van der Waals surface area (Å²) in [4.78, 5) is 15.3. The molecule has 0 aliphatic rings. The third-order valence-electron chi connectivity index (χ3n) is 2.09. The van der Waals surface area contributed by atoms with E-state index in [4.69, 9.17) is 14.7 Å². The topological polar surface area (TPSA) is 94.3 Å². The minimum atomic E-state index is -0.362. The zero-order valence-corrected chi connectivity index (χ0v) is 9.91. The molecule has 6 nitrogen and oxygen atoms in total. The number of carbonyl (C=O) groups excluding carboxylic acids is 1. The molecule has 2 heterocycles. The molecule has 2 aromatic heterocycles. The molecule has 2 rings (SSSR count). The predicted molar refractivity (Wildman–Crippen MR) is 61.2 cm³/mol. The van der Waals surface area contributed by atoms with Crippen LogP contribution in [0, 0.1) is 6.92 Å². The molecular formula is C10H11N3O3S. The van der Waals surface area contributed by atoms with Crippen molar-refractivity contribution in [3.05, 3.63) is 35.6 Å². The average molecular weight is 253 g/mol. The molecule has 0 saturated carbocycles. The molecule has 0 atom stereocenters. The molecule has 0 fully saturated rings. The highest BCUT2D eigenvalue weighted by atomic mass is 32.2. The Kier molecular flexibility index (Phi) is 3.50. The molecule has 0 aliphatic carbocycles. The molecular weight excluding hydrogens is 242 g/mol. The van der Waals surface area contributed by atoms with Gasteiger partial charge in [-0.25, -0.2) is 10.8 Å². The van der Waals surface area contributed by atoms with Crippen LogP contribution in [0.15, 0.2) is 32.6 Å². The van der Waals surface area contributed by atoms with Crippen LogP contribution >= 0.6 is 11.8 Å². The van der Waals surface area contributed by atoms with Crippen LogP contribution in [0.2, 0.25) is 0 Å².